The van der Waals surface area contributed by atoms with Gasteiger partial charge in [0.1, 0.15) is 11.6 Å². The summed E-state index contributed by atoms with van der Waals surface area (Å²) < 4.78 is 72.4. The van der Waals surface area contributed by atoms with Gasteiger partial charge in [0, 0.05) is 57.5 Å². The van der Waals surface area contributed by atoms with E-state index in [-0.39, 0.29) is 5.91 Å². The lowest BCUT2D eigenvalue weighted by atomic mass is 9.72. The number of carbonyl (C=O) groups is 1. The van der Waals surface area contributed by atoms with Gasteiger partial charge in [0.05, 0.1) is 18.8 Å². The van der Waals surface area contributed by atoms with Crippen LogP contribution in [0.25, 0.3) is 50.2 Å². The molecule has 2 aliphatic heterocycles. The fraction of sp³-hybridized carbons (Fsp3) is 0.319. The third kappa shape index (κ3) is 10.5. The Morgan fingerprint density at radius 1 is 0.679 bits per heavy atom. The van der Waals surface area contributed by atoms with Gasteiger partial charge in [-0.1, -0.05) is 156 Å². The number of nitrogens with zero attached hydrogens (tertiary/aromatic N) is 1. The smallest absolute Gasteiger partial charge is 0.416 e. The Morgan fingerprint density at radius 3 is 1.98 bits per heavy atom. The number of carbonyl (C=O) groups excluding carboxylic acids is 1. The van der Waals surface area contributed by atoms with Crippen LogP contribution in [-0.2, 0) is 21.9 Å². The van der Waals surface area contributed by atoms with E-state index >= 15 is 0 Å². The second-order valence-electron chi connectivity index (χ2n) is 23.2. The monoisotopic (exact) mass is 1090 g/mol. The highest BCUT2D eigenvalue weighted by molar-refractivity contribution is 6.09. The van der Waals surface area contributed by atoms with Crippen LogP contribution in [0.15, 0.2) is 164 Å². The molecule has 2 atom stereocenters. The third-order valence-corrected chi connectivity index (χ3v) is 18.2. The van der Waals surface area contributed by atoms with Gasteiger partial charge in [-0.25, -0.2) is 4.39 Å². The fourth-order valence-electron chi connectivity index (χ4n) is 13.6. The number of amides is 1. The highest BCUT2D eigenvalue weighted by Crippen LogP contribution is 2.60. The second-order valence-corrected chi connectivity index (χ2v) is 23.2. The van der Waals surface area contributed by atoms with Crippen molar-refractivity contribution >= 4 is 34.1 Å². The molecule has 2 heterocycles. The van der Waals surface area contributed by atoms with Gasteiger partial charge in [0.15, 0.2) is 5.60 Å². The van der Waals surface area contributed by atoms with Crippen LogP contribution in [0, 0.1) is 11.7 Å². The molecule has 2 aliphatic carbocycles. The van der Waals surface area contributed by atoms with Crippen LogP contribution in [0.3, 0.4) is 0 Å². The predicted octanol–water partition coefficient (Wildman–Crippen LogP) is 19.1. The standard InChI is InChI=1S/C72H70F4N2O3/c1-4-6-8-9-47-10-12-48(13-11-47)49-14-16-50(17-15-49)51-18-20-53(21-19-51)69(79)77-59-32-22-52(23-33-59)54-24-37-65-64(45-54)66-61-36-29-57(72(74,75)76)46-63(61)68-62(67(66)70(65,3)39-7-5-2)38-40-71(81-68,55-25-30-58(73)31-26-55)56-27-34-60(35-28-56)78-41-43-80-44-42-78/h14-38,40,45-48H,4-13,39,41-44H2,1-3H3,(H,77,79)/t47-,48-,70?,71?. The van der Waals surface area contributed by atoms with Crippen LogP contribution in [0.2, 0.25) is 0 Å². The van der Waals surface area contributed by atoms with Crippen LogP contribution >= 0.6 is 0 Å². The fourth-order valence-corrected chi connectivity index (χ4v) is 13.6. The van der Waals surface area contributed by atoms with E-state index < -0.39 is 28.6 Å². The van der Waals surface area contributed by atoms with Gasteiger partial charge < -0.3 is 19.7 Å². The van der Waals surface area contributed by atoms with Crippen molar-refractivity contribution in [2.45, 2.75) is 115 Å². The molecule has 9 heteroatoms. The summed E-state index contributed by atoms with van der Waals surface area (Å²) in [4.78, 5) is 15.9. The van der Waals surface area contributed by atoms with Crippen LogP contribution in [0.5, 0.6) is 5.75 Å². The first kappa shape index (κ1) is 54.1. The van der Waals surface area contributed by atoms with Crippen molar-refractivity contribution in [2.75, 3.05) is 36.5 Å². The molecule has 0 bridgehead atoms. The summed E-state index contributed by atoms with van der Waals surface area (Å²) in [7, 11) is 0. The van der Waals surface area contributed by atoms with E-state index in [9.17, 15) is 22.4 Å². The lowest BCUT2D eigenvalue weighted by Crippen LogP contribution is -2.37. The predicted molar refractivity (Wildman–Crippen MR) is 321 cm³/mol. The minimum Gasteiger partial charge on any atom is -0.472 e. The molecule has 1 saturated carbocycles. The van der Waals surface area contributed by atoms with Gasteiger partial charge in [0.25, 0.3) is 5.91 Å². The highest BCUT2D eigenvalue weighted by atomic mass is 19.4. The van der Waals surface area contributed by atoms with Gasteiger partial charge in [-0.2, -0.15) is 13.2 Å². The summed E-state index contributed by atoms with van der Waals surface area (Å²) >= 11 is 0. The molecule has 2 unspecified atom stereocenters. The molecule has 5 nitrogen and oxygen atoms in total. The molecule has 8 aromatic rings. The summed E-state index contributed by atoms with van der Waals surface area (Å²) in [6.45, 7) is 9.47. The van der Waals surface area contributed by atoms with Crippen molar-refractivity contribution in [1.82, 2.24) is 0 Å². The lowest BCUT2D eigenvalue weighted by molar-refractivity contribution is -0.137. The summed E-state index contributed by atoms with van der Waals surface area (Å²) in [5, 5.41) is 4.10. The first-order chi connectivity index (χ1) is 39.3. The molecule has 0 aromatic heterocycles. The van der Waals surface area contributed by atoms with Crippen molar-refractivity contribution in [3.8, 4) is 39.1 Å². The first-order valence-electron chi connectivity index (χ1n) is 29.4. The minimum absolute atomic E-state index is 0.200. The van der Waals surface area contributed by atoms with E-state index in [0.717, 1.165) is 99.6 Å². The van der Waals surface area contributed by atoms with Gasteiger partial charge in [-0.05, 0) is 172 Å². The second kappa shape index (κ2) is 22.5. The zero-order valence-corrected chi connectivity index (χ0v) is 46.6. The van der Waals surface area contributed by atoms with E-state index in [2.05, 4.69) is 73.5 Å². The number of benzene rings is 8. The van der Waals surface area contributed by atoms with Crippen molar-refractivity contribution in [3.05, 3.63) is 214 Å². The van der Waals surface area contributed by atoms with Crippen LogP contribution in [-0.4, -0.2) is 32.2 Å². The quantitative estimate of drug-likeness (QED) is 0.0821. The molecule has 0 radical (unpaired) electrons. The zero-order valence-electron chi connectivity index (χ0n) is 46.6. The Morgan fingerprint density at radius 2 is 1.31 bits per heavy atom. The molecule has 81 heavy (non-hydrogen) atoms. The van der Waals surface area contributed by atoms with Crippen LogP contribution in [0.4, 0.5) is 28.9 Å². The molecule has 12 rings (SSSR count). The van der Waals surface area contributed by atoms with Gasteiger partial charge in [-0.3, -0.25) is 4.79 Å². The topological polar surface area (TPSA) is 50.8 Å². The Labute approximate surface area is 474 Å². The Balaban J connectivity index is 0.841. The number of fused-ring (bicyclic) bond motifs is 8. The van der Waals surface area contributed by atoms with E-state index in [1.807, 2.05) is 84.9 Å². The average Bonchev–Trinajstić information content (AvgIpc) is 2.36. The number of halogens is 4. The van der Waals surface area contributed by atoms with Crippen LogP contribution < -0.4 is 15.0 Å². The molecular weight excluding hydrogens is 1020 g/mol. The maximum absolute atomic E-state index is 14.9. The number of morpholine rings is 1. The summed E-state index contributed by atoms with van der Waals surface area (Å²) in [5.74, 6) is 1.27. The number of nitrogens with one attached hydrogen (secondary N) is 1. The number of ether oxygens (including phenoxy) is 2. The van der Waals surface area contributed by atoms with E-state index in [0.29, 0.717) is 52.5 Å². The molecule has 2 fully saturated rings. The number of unbranched alkanes of at least 4 members (excludes halogenated alkanes) is 3. The Hall–Kier alpha value is -7.49. The average molecular weight is 1090 g/mol. The molecule has 4 aliphatic rings. The third-order valence-electron chi connectivity index (χ3n) is 18.2. The molecule has 0 spiro atoms. The van der Waals surface area contributed by atoms with Crippen molar-refractivity contribution in [1.29, 1.82) is 0 Å². The number of rotatable bonds is 15. The Kier molecular flexibility index (Phi) is 15.0. The molecule has 1 N–H and O–H groups in total. The van der Waals surface area contributed by atoms with Gasteiger partial charge in [0.2, 0.25) is 0 Å². The van der Waals surface area contributed by atoms with E-state index in [4.69, 9.17) is 9.47 Å². The summed E-state index contributed by atoms with van der Waals surface area (Å²) in [5.41, 5.74) is 11.2. The normalized spacial score (nSPS) is 20.4. The van der Waals surface area contributed by atoms with E-state index in [1.54, 1.807) is 18.2 Å². The van der Waals surface area contributed by atoms with E-state index in [1.165, 1.54) is 81.2 Å². The van der Waals surface area contributed by atoms with Crippen molar-refractivity contribution in [3.63, 3.8) is 0 Å². The molecule has 8 aromatic carbocycles. The summed E-state index contributed by atoms with van der Waals surface area (Å²) in [6, 6.07) is 49.4. The SMILES string of the molecule is CCCCC[C@H]1CC[C@H](c2ccc(-c3ccc(C(=O)Nc4ccc(-c5ccc6c(c5)-c5c(c7c(c8cc(C(F)(F)F)ccc58)OC(c5ccc(F)cc5)(c5ccc(N8CCOCC8)cc5)C=C7)C6(C)CCCC)cc4)cc3)cc2)CC1. The molecule has 414 valence electrons. The number of alkyl halides is 3. The zero-order chi connectivity index (χ0) is 55.9. The van der Waals surface area contributed by atoms with Crippen molar-refractivity contribution in [2.24, 2.45) is 5.92 Å². The molecule has 1 saturated heterocycles. The van der Waals surface area contributed by atoms with Gasteiger partial charge in [-0.15, -0.1) is 0 Å². The maximum Gasteiger partial charge on any atom is 0.416 e. The number of hydrogen-bond donors (Lipinski definition) is 1. The minimum atomic E-state index is -4.62. The lowest BCUT2D eigenvalue weighted by Gasteiger charge is -2.39. The van der Waals surface area contributed by atoms with Crippen molar-refractivity contribution < 1.29 is 31.8 Å². The maximum atomic E-state index is 14.9. The Bertz CT molecular complexity index is 3600. The highest BCUT2D eigenvalue weighted by Gasteiger charge is 2.47. The summed E-state index contributed by atoms with van der Waals surface area (Å²) in [6.07, 6.45) is 12.7. The molecule has 1 amide bonds. The number of anilines is 2. The largest absolute Gasteiger partial charge is 0.472 e. The molecular formula is C72H70F4N2O3. The van der Waals surface area contributed by atoms with Crippen LogP contribution in [0.1, 0.15) is 147 Å². The first-order valence-corrected chi connectivity index (χ1v) is 29.4. The van der Waals surface area contributed by atoms with Gasteiger partial charge >= 0.3 is 6.18 Å². The number of hydrogen-bond acceptors (Lipinski definition) is 4.